The summed E-state index contributed by atoms with van der Waals surface area (Å²) in [7, 11) is 0. The summed E-state index contributed by atoms with van der Waals surface area (Å²) in [4.78, 5) is 21.6. The van der Waals surface area contributed by atoms with Gasteiger partial charge in [0.05, 0.1) is 24.0 Å². The Bertz CT molecular complexity index is 763. The summed E-state index contributed by atoms with van der Waals surface area (Å²) in [5.41, 5.74) is 2.04. The van der Waals surface area contributed by atoms with E-state index in [2.05, 4.69) is 44.4 Å². The predicted octanol–water partition coefficient (Wildman–Crippen LogP) is 2.12. The van der Waals surface area contributed by atoms with Crippen LogP contribution in [-0.2, 0) is 11.3 Å². The molecule has 2 aromatic rings. The zero-order valence-corrected chi connectivity index (χ0v) is 16.1. The van der Waals surface area contributed by atoms with E-state index in [1.165, 1.54) is 5.56 Å². The zero-order chi connectivity index (χ0) is 19.3. The van der Waals surface area contributed by atoms with E-state index < -0.39 is 6.10 Å². The first-order chi connectivity index (χ1) is 13.7. The lowest BCUT2D eigenvalue weighted by Crippen LogP contribution is -2.50. The molecule has 1 amide bonds. The Morgan fingerprint density at radius 1 is 1.14 bits per heavy atom. The van der Waals surface area contributed by atoms with Crippen LogP contribution in [0.2, 0.25) is 0 Å². The number of nitrogens with one attached hydrogen (secondary N) is 1. The molecule has 2 N–H and O–H groups in total. The van der Waals surface area contributed by atoms with Crippen molar-refractivity contribution < 1.29 is 9.90 Å². The summed E-state index contributed by atoms with van der Waals surface area (Å²) < 4.78 is 0. The number of anilines is 1. The first-order valence-corrected chi connectivity index (χ1v) is 10.1. The number of aliphatic hydroxyl groups excluding tert-OH is 1. The SMILES string of the molecule is O=C(Nc1cccnc1)[C@@H]1C[C@@H](O)CN1C1CCN(Cc2ccccc2)CC1. The second-order valence-electron chi connectivity index (χ2n) is 7.83. The Hall–Kier alpha value is -2.28. The molecule has 2 aliphatic heterocycles. The lowest BCUT2D eigenvalue weighted by Gasteiger charge is -2.38. The maximum atomic E-state index is 12.8. The van der Waals surface area contributed by atoms with Crippen LogP contribution in [0.3, 0.4) is 0 Å². The molecular weight excluding hydrogens is 352 g/mol. The lowest BCUT2D eigenvalue weighted by molar-refractivity contribution is -0.121. The van der Waals surface area contributed by atoms with Crippen LogP contribution in [0.25, 0.3) is 0 Å². The summed E-state index contributed by atoms with van der Waals surface area (Å²) in [6.45, 7) is 3.59. The molecule has 0 saturated carbocycles. The smallest absolute Gasteiger partial charge is 0.241 e. The van der Waals surface area contributed by atoms with Gasteiger partial charge in [0, 0.05) is 25.3 Å². The predicted molar refractivity (Wildman–Crippen MR) is 109 cm³/mol. The number of benzene rings is 1. The van der Waals surface area contributed by atoms with Crippen LogP contribution in [0.4, 0.5) is 5.69 Å². The van der Waals surface area contributed by atoms with E-state index in [4.69, 9.17) is 0 Å². The summed E-state index contributed by atoms with van der Waals surface area (Å²) in [5, 5.41) is 13.2. The monoisotopic (exact) mass is 380 g/mol. The molecule has 6 nitrogen and oxygen atoms in total. The third-order valence-electron chi connectivity index (χ3n) is 5.82. The number of carbonyl (C=O) groups excluding carboxylic acids is 1. The third-order valence-corrected chi connectivity index (χ3v) is 5.82. The third kappa shape index (κ3) is 4.58. The van der Waals surface area contributed by atoms with Gasteiger partial charge in [-0.05, 0) is 50.0 Å². The second kappa shape index (κ2) is 8.82. The number of rotatable bonds is 5. The normalized spacial score (nSPS) is 24.3. The van der Waals surface area contributed by atoms with Gasteiger partial charge < -0.3 is 10.4 Å². The molecule has 2 atom stereocenters. The number of aromatic nitrogens is 1. The van der Waals surface area contributed by atoms with Crippen LogP contribution in [0.5, 0.6) is 0 Å². The van der Waals surface area contributed by atoms with Gasteiger partial charge >= 0.3 is 0 Å². The maximum absolute atomic E-state index is 12.8. The average molecular weight is 380 g/mol. The zero-order valence-electron chi connectivity index (χ0n) is 16.1. The maximum Gasteiger partial charge on any atom is 0.241 e. The summed E-state index contributed by atoms with van der Waals surface area (Å²) in [5.74, 6) is -0.0451. The Labute approximate surface area is 166 Å². The quantitative estimate of drug-likeness (QED) is 0.832. The van der Waals surface area contributed by atoms with Crippen LogP contribution >= 0.6 is 0 Å². The fraction of sp³-hybridized carbons (Fsp3) is 0.455. The number of pyridine rings is 1. The van der Waals surface area contributed by atoms with Crippen molar-refractivity contribution in [3.63, 3.8) is 0 Å². The minimum atomic E-state index is -0.438. The summed E-state index contributed by atoms with van der Waals surface area (Å²) in [6, 6.07) is 14.3. The van der Waals surface area contributed by atoms with Crippen molar-refractivity contribution in [2.24, 2.45) is 0 Å². The summed E-state index contributed by atoms with van der Waals surface area (Å²) in [6.07, 6.45) is 5.44. The van der Waals surface area contributed by atoms with E-state index >= 15 is 0 Å². The Kier molecular flexibility index (Phi) is 6.00. The number of hydrogen-bond acceptors (Lipinski definition) is 5. The average Bonchev–Trinajstić information content (AvgIpc) is 3.12. The van der Waals surface area contributed by atoms with Gasteiger partial charge in [0.25, 0.3) is 0 Å². The van der Waals surface area contributed by atoms with Crippen LogP contribution in [0.15, 0.2) is 54.9 Å². The number of hydrogen-bond donors (Lipinski definition) is 2. The highest BCUT2D eigenvalue weighted by Crippen LogP contribution is 2.27. The number of likely N-dealkylation sites (tertiary alicyclic amines) is 2. The van der Waals surface area contributed by atoms with Gasteiger partial charge in [-0.3, -0.25) is 19.6 Å². The number of carbonyl (C=O) groups is 1. The molecule has 6 heteroatoms. The first kappa shape index (κ1) is 19.1. The molecule has 0 aliphatic carbocycles. The van der Waals surface area contributed by atoms with Crippen molar-refractivity contribution in [3.8, 4) is 0 Å². The molecule has 2 fully saturated rings. The Morgan fingerprint density at radius 2 is 1.93 bits per heavy atom. The molecule has 2 aliphatic rings. The number of nitrogens with zero attached hydrogens (tertiary/aromatic N) is 3. The molecular formula is C22H28N4O2. The molecule has 4 rings (SSSR count). The second-order valence-corrected chi connectivity index (χ2v) is 7.83. The Balaban J connectivity index is 1.34. The van der Waals surface area contributed by atoms with Gasteiger partial charge in [0.15, 0.2) is 0 Å². The lowest BCUT2D eigenvalue weighted by atomic mass is 10.0. The molecule has 0 unspecified atom stereocenters. The largest absolute Gasteiger partial charge is 0.392 e. The van der Waals surface area contributed by atoms with Gasteiger partial charge in [0.1, 0.15) is 0 Å². The molecule has 0 spiro atoms. The van der Waals surface area contributed by atoms with Gasteiger partial charge in [0.2, 0.25) is 5.91 Å². The molecule has 3 heterocycles. The van der Waals surface area contributed by atoms with E-state index in [0.717, 1.165) is 32.5 Å². The highest BCUT2D eigenvalue weighted by molar-refractivity contribution is 5.95. The molecule has 148 valence electrons. The molecule has 0 bridgehead atoms. The van der Waals surface area contributed by atoms with Crippen molar-refractivity contribution in [1.82, 2.24) is 14.8 Å². The molecule has 2 saturated heterocycles. The van der Waals surface area contributed by atoms with Gasteiger partial charge in [-0.1, -0.05) is 30.3 Å². The van der Waals surface area contributed by atoms with E-state index in [1.54, 1.807) is 18.5 Å². The number of β-amino-alcohol motifs (C(OH)–C–C–N with tert-alkyl or cyclic N) is 1. The molecule has 1 aromatic carbocycles. The number of amides is 1. The van der Waals surface area contributed by atoms with Crippen molar-refractivity contribution in [3.05, 3.63) is 60.4 Å². The highest BCUT2D eigenvalue weighted by Gasteiger charge is 2.40. The van der Waals surface area contributed by atoms with Gasteiger partial charge in [-0.2, -0.15) is 0 Å². The number of piperidine rings is 1. The van der Waals surface area contributed by atoms with E-state index in [1.807, 2.05) is 12.1 Å². The molecule has 28 heavy (non-hydrogen) atoms. The van der Waals surface area contributed by atoms with Gasteiger partial charge in [-0.25, -0.2) is 0 Å². The van der Waals surface area contributed by atoms with E-state index in [9.17, 15) is 9.90 Å². The fourth-order valence-corrected chi connectivity index (χ4v) is 4.41. The Morgan fingerprint density at radius 3 is 2.64 bits per heavy atom. The van der Waals surface area contributed by atoms with Crippen LogP contribution < -0.4 is 5.32 Å². The van der Waals surface area contributed by atoms with Crippen molar-refractivity contribution in [2.75, 3.05) is 25.0 Å². The van der Waals surface area contributed by atoms with E-state index in [-0.39, 0.29) is 11.9 Å². The first-order valence-electron chi connectivity index (χ1n) is 10.1. The molecule has 0 radical (unpaired) electrons. The minimum absolute atomic E-state index is 0.0451. The standard InChI is InChI=1S/C22H28N4O2/c27-20-13-21(22(28)24-18-7-4-10-23-14-18)26(16-20)19-8-11-25(12-9-19)15-17-5-2-1-3-6-17/h1-7,10,14,19-21,27H,8-9,11-13,15-16H2,(H,24,28)/t20-,21+/m1/s1. The van der Waals surface area contributed by atoms with Crippen LogP contribution in [-0.4, -0.2) is 63.6 Å². The highest BCUT2D eigenvalue weighted by atomic mass is 16.3. The topological polar surface area (TPSA) is 68.7 Å². The van der Waals surface area contributed by atoms with Crippen molar-refractivity contribution in [2.45, 2.75) is 44.0 Å². The fourth-order valence-electron chi connectivity index (χ4n) is 4.41. The van der Waals surface area contributed by atoms with Crippen molar-refractivity contribution >= 4 is 11.6 Å². The minimum Gasteiger partial charge on any atom is -0.392 e. The van der Waals surface area contributed by atoms with E-state index in [0.29, 0.717) is 24.7 Å². The van der Waals surface area contributed by atoms with Gasteiger partial charge in [-0.15, -0.1) is 0 Å². The van der Waals surface area contributed by atoms with Crippen molar-refractivity contribution in [1.29, 1.82) is 0 Å². The van der Waals surface area contributed by atoms with Crippen LogP contribution in [0.1, 0.15) is 24.8 Å². The summed E-state index contributed by atoms with van der Waals surface area (Å²) >= 11 is 0. The molecule has 1 aromatic heterocycles. The van der Waals surface area contributed by atoms with Crippen LogP contribution in [0, 0.1) is 0 Å². The number of aliphatic hydroxyl groups is 1.